The second-order valence-electron chi connectivity index (χ2n) is 5.34. The van der Waals surface area contributed by atoms with E-state index in [0.29, 0.717) is 18.8 Å². The molecule has 0 spiro atoms. The summed E-state index contributed by atoms with van der Waals surface area (Å²) in [6, 6.07) is -0.475. The highest BCUT2D eigenvalue weighted by molar-refractivity contribution is 7.18. The first-order valence-corrected chi connectivity index (χ1v) is 8.18. The smallest absolute Gasteiger partial charge is 0.303 e. The van der Waals surface area contributed by atoms with Crippen LogP contribution in [0.5, 0.6) is 0 Å². The van der Waals surface area contributed by atoms with Crippen molar-refractivity contribution in [1.29, 1.82) is 0 Å². The molecule has 1 unspecified atom stereocenters. The molecule has 2 heterocycles. The number of nitrogens with one attached hydrogen (secondary N) is 2. The Morgan fingerprint density at radius 1 is 1.35 bits per heavy atom. The van der Waals surface area contributed by atoms with Crippen LogP contribution in [0.4, 0.5) is 5.82 Å². The molecule has 8 heteroatoms. The van der Waals surface area contributed by atoms with Crippen molar-refractivity contribution in [2.24, 2.45) is 0 Å². The van der Waals surface area contributed by atoms with Crippen molar-refractivity contribution in [2.45, 2.75) is 39.7 Å². The second kappa shape index (κ2) is 7.36. The quantitative estimate of drug-likeness (QED) is 0.669. The number of carbonyl (C=O) groups is 2. The van der Waals surface area contributed by atoms with Gasteiger partial charge in [-0.15, -0.1) is 11.3 Å². The molecule has 3 N–H and O–H groups in total. The van der Waals surface area contributed by atoms with E-state index in [4.69, 9.17) is 5.11 Å². The SMILES string of the molecule is Cc1sc2ncnc(NC(C)C(=O)NCCCC(=O)O)c2c1C. The van der Waals surface area contributed by atoms with E-state index < -0.39 is 12.0 Å². The average Bonchev–Trinajstić information content (AvgIpc) is 2.79. The third kappa shape index (κ3) is 4.16. The number of aromatic nitrogens is 2. The van der Waals surface area contributed by atoms with Gasteiger partial charge in [0.25, 0.3) is 0 Å². The van der Waals surface area contributed by atoms with Crippen molar-refractivity contribution < 1.29 is 14.7 Å². The summed E-state index contributed by atoms with van der Waals surface area (Å²) < 4.78 is 0. The molecule has 2 rings (SSSR count). The fourth-order valence-electron chi connectivity index (χ4n) is 2.17. The monoisotopic (exact) mass is 336 g/mol. The summed E-state index contributed by atoms with van der Waals surface area (Å²) in [7, 11) is 0. The molecular formula is C15H20N4O3S. The lowest BCUT2D eigenvalue weighted by Crippen LogP contribution is -2.38. The molecule has 1 atom stereocenters. The molecule has 0 aliphatic heterocycles. The summed E-state index contributed by atoms with van der Waals surface area (Å²) in [4.78, 5) is 33.1. The fourth-order valence-corrected chi connectivity index (χ4v) is 3.16. The molecule has 2 aromatic heterocycles. The van der Waals surface area contributed by atoms with Gasteiger partial charge in [0.15, 0.2) is 0 Å². The standard InChI is InChI=1S/C15H20N4O3S/c1-8-10(3)23-15-12(8)13(17-7-18-15)19-9(2)14(22)16-6-4-5-11(20)21/h7,9H,4-6H2,1-3H3,(H,16,22)(H,20,21)(H,17,18,19). The first-order chi connectivity index (χ1) is 10.9. The van der Waals surface area contributed by atoms with E-state index in [-0.39, 0.29) is 12.3 Å². The van der Waals surface area contributed by atoms with Gasteiger partial charge in [0, 0.05) is 17.8 Å². The fraction of sp³-hybridized carbons (Fsp3) is 0.467. The minimum Gasteiger partial charge on any atom is -0.481 e. The molecule has 23 heavy (non-hydrogen) atoms. The number of fused-ring (bicyclic) bond motifs is 1. The van der Waals surface area contributed by atoms with Crippen molar-refractivity contribution >= 4 is 39.2 Å². The van der Waals surface area contributed by atoms with Crippen molar-refractivity contribution in [3.8, 4) is 0 Å². The van der Waals surface area contributed by atoms with Crippen LogP contribution in [0.2, 0.25) is 0 Å². The lowest BCUT2D eigenvalue weighted by molar-refractivity contribution is -0.137. The Morgan fingerprint density at radius 2 is 2.09 bits per heavy atom. The van der Waals surface area contributed by atoms with Gasteiger partial charge in [0.2, 0.25) is 5.91 Å². The Bertz CT molecular complexity index is 729. The molecule has 0 fully saturated rings. The number of carboxylic acid groups (broad SMARTS) is 1. The summed E-state index contributed by atoms with van der Waals surface area (Å²) in [5.74, 6) is -0.408. The molecule has 0 aliphatic carbocycles. The van der Waals surface area contributed by atoms with E-state index >= 15 is 0 Å². The van der Waals surface area contributed by atoms with E-state index in [1.165, 1.54) is 11.2 Å². The van der Waals surface area contributed by atoms with Crippen molar-refractivity contribution in [1.82, 2.24) is 15.3 Å². The Hall–Kier alpha value is -2.22. The molecular weight excluding hydrogens is 316 g/mol. The first kappa shape index (κ1) is 17.1. The van der Waals surface area contributed by atoms with Gasteiger partial charge in [0.05, 0.1) is 5.39 Å². The number of hydrogen-bond donors (Lipinski definition) is 3. The summed E-state index contributed by atoms with van der Waals surface area (Å²) in [5, 5.41) is 15.4. The predicted octanol–water partition coefficient (Wildman–Crippen LogP) is 2.09. The zero-order valence-electron chi connectivity index (χ0n) is 13.3. The summed E-state index contributed by atoms with van der Waals surface area (Å²) in [5.41, 5.74) is 1.11. The molecule has 0 aromatic carbocycles. The molecule has 0 saturated carbocycles. The number of amides is 1. The van der Waals surface area contributed by atoms with E-state index in [9.17, 15) is 9.59 Å². The van der Waals surface area contributed by atoms with Gasteiger partial charge in [-0.1, -0.05) is 0 Å². The highest BCUT2D eigenvalue weighted by Gasteiger charge is 2.17. The molecule has 124 valence electrons. The second-order valence-corrected chi connectivity index (χ2v) is 6.54. The normalized spacial score (nSPS) is 12.1. The maximum absolute atomic E-state index is 12.1. The largest absolute Gasteiger partial charge is 0.481 e. The topological polar surface area (TPSA) is 104 Å². The average molecular weight is 336 g/mol. The van der Waals surface area contributed by atoms with Crippen molar-refractivity contribution in [3.63, 3.8) is 0 Å². The van der Waals surface area contributed by atoms with Gasteiger partial charge in [-0.2, -0.15) is 0 Å². The number of anilines is 1. The zero-order chi connectivity index (χ0) is 17.0. The van der Waals surface area contributed by atoms with Gasteiger partial charge in [-0.3, -0.25) is 9.59 Å². The number of carboxylic acids is 1. The maximum Gasteiger partial charge on any atom is 0.303 e. The third-order valence-corrected chi connectivity index (χ3v) is 4.69. The molecule has 0 saturated heterocycles. The first-order valence-electron chi connectivity index (χ1n) is 7.37. The predicted molar refractivity (Wildman–Crippen MR) is 89.9 cm³/mol. The van der Waals surface area contributed by atoms with Crippen LogP contribution in [0.25, 0.3) is 10.2 Å². The lowest BCUT2D eigenvalue weighted by atomic mass is 10.2. The third-order valence-electron chi connectivity index (χ3n) is 3.58. The molecule has 2 aromatic rings. The minimum absolute atomic E-state index is 0.0436. The van der Waals surface area contributed by atoms with Gasteiger partial charge in [0.1, 0.15) is 23.0 Å². The molecule has 0 bridgehead atoms. The summed E-state index contributed by atoms with van der Waals surface area (Å²) in [6.45, 7) is 6.13. The Labute approximate surface area is 138 Å². The van der Waals surface area contributed by atoms with E-state index in [1.807, 2.05) is 13.8 Å². The van der Waals surface area contributed by atoms with Crippen LogP contribution in [0.1, 0.15) is 30.2 Å². The van der Waals surface area contributed by atoms with Crippen LogP contribution in [-0.2, 0) is 9.59 Å². The maximum atomic E-state index is 12.1. The Balaban J connectivity index is 2.01. The number of nitrogens with zero attached hydrogens (tertiary/aromatic N) is 2. The molecule has 1 amide bonds. The number of carbonyl (C=O) groups excluding carboxylic acids is 1. The highest BCUT2D eigenvalue weighted by atomic mass is 32.1. The van der Waals surface area contributed by atoms with Crippen molar-refractivity contribution in [2.75, 3.05) is 11.9 Å². The van der Waals surface area contributed by atoms with Gasteiger partial charge >= 0.3 is 5.97 Å². The van der Waals surface area contributed by atoms with Gasteiger partial charge in [-0.25, -0.2) is 9.97 Å². The Morgan fingerprint density at radius 3 is 2.78 bits per heavy atom. The highest BCUT2D eigenvalue weighted by Crippen LogP contribution is 2.32. The zero-order valence-corrected chi connectivity index (χ0v) is 14.2. The molecule has 7 nitrogen and oxygen atoms in total. The van der Waals surface area contributed by atoms with Crippen LogP contribution in [0.3, 0.4) is 0 Å². The van der Waals surface area contributed by atoms with E-state index in [1.54, 1.807) is 18.3 Å². The Kier molecular flexibility index (Phi) is 5.49. The minimum atomic E-state index is -0.864. The molecule has 0 radical (unpaired) electrons. The number of aliphatic carboxylic acids is 1. The summed E-state index contributed by atoms with van der Waals surface area (Å²) in [6.07, 6.45) is 1.94. The van der Waals surface area contributed by atoms with Crippen molar-refractivity contribution in [3.05, 3.63) is 16.8 Å². The van der Waals surface area contributed by atoms with Crippen LogP contribution in [0, 0.1) is 13.8 Å². The van der Waals surface area contributed by atoms with Crippen LogP contribution >= 0.6 is 11.3 Å². The number of hydrogen-bond acceptors (Lipinski definition) is 6. The van der Waals surface area contributed by atoms with Gasteiger partial charge in [-0.05, 0) is 32.8 Å². The lowest BCUT2D eigenvalue weighted by Gasteiger charge is -2.15. The molecule has 0 aliphatic rings. The van der Waals surface area contributed by atoms with Crippen LogP contribution < -0.4 is 10.6 Å². The van der Waals surface area contributed by atoms with E-state index in [2.05, 4.69) is 20.6 Å². The summed E-state index contributed by atoms with van der Waals surface area (Å²) >= 11 is 1.60. The van der Waals surface area contributed by atoms with Gasteiger partial charge < -0.3 is 15.7 Å². The van der Waals surface area contributed by atoms with Crippen LogP contribution in [-0.4, -0.2) is 39.5 Å². The van der Waals surface area contributed by atoms with Crippen LogP contribution in [0.15, 0.2) is 6.33 Å². The van der Waals surface area contributed by atoms with E-state index in [0.717, 1.165) is 15.8 Å². The number of aryl methyl sites for hydroxylation is 2. The number of thiophene rings is 1. The number of rotatable bonds is 7.